The smallest absolute Gasteiger partial charge is 0.227 e. The number of carbonyl (C=O) groups is 2. The van der Waals surface area contributed by atoms with Gasteiger partial charge in [-0.2, -0.15) is 0 Å². The second-order valence-corrected chi connectivity index (χ2v) is 8.99. The molecule has 3 heterocycles. The van der Waals surface area contributed by atoms with Gasteiger partial charge in [0.1, 0.15) is 5.75 Å². The normalized spacial score (nSPS) is 19.4. The van der Waals surface area contributed by atoms with Crippen molar-refractivity contribution in [2.45, 2.75) is 32.6 Å². The third-order valence-electron chi connectivity index (χ3n) is 6.73. The minimum Gasteiger partial charge on any atom is -0.497 e. The van der Waals surface area contributed by atoms with Crippen LogP contribution in [-0.4, -0.2) is 73.0 Å². The monoisotopic (exact) mass is 450 g/mol. The molecule has 2 aliphatic heterocycles. The van der Waals surface area contributed by atoms with Crippen LogP contribution in [0.2, 0.25) is 0 Å². The number of rotatable bonds is 6. The predicted molar refractivity (Wildman–Crippen MR) is 128 cm³/mol. The van der Waals surface area contributed by atoms with Gasteiger partial charge < -0.3 is 19.4 Å². The fraction of sp³-hybridized carbons (Fsp3) is 0.500. The van der Waals surface area contributed by atoms with Crippen LogP contribution in [0.5, 0.6) is 5.75 Å². The molecule has 0 spiro atoms. The van der Waals surface area contributed by atoms with E-state index in [0.29, 0.717) is 25.9 Å². The molecule has 1 aromatic carbocycles. The lowest BCUT2D eigenvalue weighted by Crippen LogP contribution is -2.48. The Balaban J connectivity index is 1.32. The first-order valence-corrected chi connectivity index (χ1v) is 11.9. The Morgan fingerprint density at radius 1 is 1.12 bits per heavy atom. The van der Waals surface area contributed by atoms with E-state index in [0.717, 1.165) is 56.0 Å². The van der Waals surface area contributed by atoms with E-state index in [2.05, 4.69) is 16.0 Å². The molecular weight excluding hydrogens is 416 g/mol. The number of aryl methyl sites for hydroxylation is 1. The van der Waals surface area contributed by atoms with E-state index in [1.165, 1.54) is 5.69 Å². The number of amides is 2. The van der Waals surface area contributed by atoms with Crippen molar-refractivity contribution in [1.29, 1.82) is 0 Å². The Morgan fingerprint density at radius 2 is 1.94 bits per heavy atom. The minimum atomic E-state index is -0.103. The van der Waals surface area contributed by atoms with Crippen molar-refractivity contribution >= 4 is 17.5 Å². The third kappa shape index (κ3) is 5.83. The van der Waals surface area contributed by atoms with Gasteiger partial charge in [0.05, 0.1) is 13.0 Å². The number of nitrogens with zero attached hydrogens (tertiary/aromatic N) is 4. The molecule has 1 unspecified atom stereocenters. The van der Waals surface area contributed by atoms with Crippen LogP contribution < -0.4 is 9.64 Å². The van der Waals surface area contributed by atoms with Crippen LogP contribution in [0.15, 0.2) is 42.6 Å². The Hall–Kier alpha value is -3.09. The highest BCUT2D eigenvalue weighted by molar-refractivity contribution is 5.84. The number of pyridine rings is 1. The first-order chi connectivity index (χ1) is 16.0. The molecule has 4 rings (SSSR count). The summed E-state index contributed by atoms with van der Waals surface area (Å²) < 4.78 is 5.21. The molecule has 0 radical (unpaired) electrons. The molecule has 2 amide bonds. The summed E-state index contributed by atoms with van der Waals surface area (Å²) in [6, 6.07) is 12.1. The minimum absolute atomic E-state index is 0.103. The second kappa shape index (κ2) is 10.7. The highest BCUT2D eigenvalue weighted by Gasteiger charge is 2.33. The number of piperidine rings is 1. The first kappa shape index (κ1) is 23.1. The summed E-state index contributed by atoms with van der Waals surface area (Å²) in [5.74, 6) is 1.08. The molecule has 2 aromatic rings. The number of likely N-dealkylation sites (tertiary alicyclic amines) is 1. The van der Waals surface area contributed by atoms with Crippen molar-refractivity contribution in [3.63, 3.8) is 0 Å². The van der Waals surface area contributed by atoms with Gasteiger partial charge in [0, 0.05) is 63.3 Å². The van der Waals surface area contributed by atoms with Crippen LogP contribution in [0.1, 0.15) is 30.5 Å². The number of hydrogen-bond donors (Lipinski definition) is 0. The summed E-state index contributed by atoms with van der Waals surface area (Å²) in [6.07, 6.45) is 4.68. The van der Waals surface area contributed by atoms with Crippen LogP contribution in [0, 0.1) is 12.8 Å². The maximum atomic E-state index is 13.3. The molecule has 2 aliphatic rings. The quantitative estimate of drug-likeness (QED) is 0.677. The number of anilines is 1. The standard InChI is InChI=1S/C26H34N4O3/c1-20-18-23(10-12-27-20)28-13-3-14-29(17-16-28)26(32)22-6-9-25(31)30(19-22)15-11-21-4-7-24(33-2)8-5-21/h4-5,7-8,10,12,18,22H,3,6,9,11,13-17,19H2,1-2H3. The largest absolute Gasteiger partial charge is 0.497 e. The van der Waals surface area contributed by atoms with Crippen molar-refractivity contribution in [2.75, 3.05) is 51.3 Å². The molecule has 176 valence electrons. The Kier molecular flexibility index (Phi) is 7.47. The fourth-order valence-corrected chi connectivity index (χ4v) is 4.77. The SMILES string of the molecule is COc1ccc(CCN2CC(C(=O)N3CCCN(c4ccnc(C)c4)CC3)CCC2=O)cc1. The van der Waals surface area contributed by atoms with Gasteiger partial charge in [-0.05, 0) is 56.0 Å². The summed E-state index contributed by atoms with van der Waals surface area (Å²) in [4.78, 5) is 36.4. The zero-order chi connectivity index (χ0) is 23.2. The van der Waals surface area contributed by atoms with E-state index in [9.17, 15) is 9.59 Å². The van der Waals surface area contributed by atoms with Gasteiger partial charge in [0.25, 0.3) is 0 Å². The molecule has 0 bridgehead atoms. The van der Waals surface area contributed by atoms with E-state index in [1.54, 1.807) is 7.11 Å². The molecule has 0 N–H and O–H groups in total. The van der Waals surface area contributed by atoms with Gasteiger partial charge in [-0.25, -0.2) is 0 Å². The summed E-state index contributed by atoms with van der Waals surface area (Å²) in [7, 11) is 1.65. The molecule has 2 saturated heterocycles. The lowest BCUT2D eigenvalue weighted by molar-refractivity contribution is -0.142. The van der Waals surface area contributed by atoms with Gasteiger partial charge in [-0.15, -0.1) is 0 Å². The Morgan fingerprint density at radius 3 is 2.70 bits per heavy atom. The lowest BCUT2D eigenvalue weighted by Gasteiger charge is -2.34. The zero-order valence-corrected chi connectivity index (χ0v) is 19.7. The predicted octanol–water partition coefficient (Wildman–Crippen LogP) is 2.92. The molecule has 33 heavy (non-hydrogen) atoms. The Labute approximate surface area is 196 Å². The summed E-state index contributed by atoms with van der Waals surface area (Å²) in [6.45, 7) is 6.42. The summed E-state index contributed by atoms with van der Waals surface area (Å²) in [5, 5.41) is 0. The Bertz CT molecular complexity index is 962. The van der Waals surface area contributed by atoms with Crippen molar-refractivity contribution in [2.24, 2.45) is 5.92 Å². The summed E-state index contributed by atoms with van der Waals surface area (Å²) in [5.41, 5.74) is 3.34. The van der Waals surface area contributed by atoms with Crippen LogP contribution >= 0.6 is 0 Å². The maximum Gasteiger partial charge on any atom is 0.227 e. The number of hydrogen-bond acceptors (Lipinski definition) is 5. The number of carbonyl (C=O) groups excluding carboxylic acids is 2. The molecule has 2 fully saturated rings. The molecule has 1 atom stereocenters. The van der Waals surface area contributed by atoms with E-state index in [1.807, 2.05) is 53.3 Å². The van der Waals surface area contributed by atoms with Crippen LogP contribution in [0.25, 0.3) is 0 Å². The highest BCUT2D eigenvalue weighted by Crippen LogP contribution is 2.23. The molecule has 1 aromatic heterocycles. The van der Waals surface area contributed by atoms with Crippen molar-refractivity contribution < 1.29 is 14.3 Å². The van der Waals surface area contributed by atoms with Crippen LogP contribution in [0.4, 0.5) is 5.69 Å². The number of ether oxygens (including phenoxy) is 1. The van der Waals surface area contributed by atoms with E-state index in [-0.39, 0.29) is 17.7 Å². The van der Waals surface area contributed by atoms with Gasteiger partial charge >= 0.3 is 0 Å². The van der Waals surface area contributed by atoms with Gasteiger partial charge in [-0.3, -0.25) is 14.6 Å². The summed E-state index contributed by atoms with van der Waals surface area (Å²) >= 11 is 0. The number of benzene rings is 1. The molecule has 0 aliphatic carbocycles. The van der Waals surface area contributed by atoms with Gasteiger partial charge in [0.2, 0.25) is 11.8 Å². The third-order valence-corrected chi connectivity index (χ3v) is 6.73. The average molecular weight is 451 g/mol. The van der Waals surface area contributed by atoms with Crippen LogP contribution in [-0.2, 0) is 16.0 Å². The topological polar surface area (TPSA) is 66.0 Å². The van der Waals surface area contributed by atoms with Crippen molar-refractivity contribution in [3.05, 3.63) is 53.9 Å². The zero-order valence-electron chi connectivity index (χ0n) is 19.7. The molecule has 7 nitrogen and oxygen atoms in total. The van der Waals surface area contributed by atoms with Crippen molar-refractivity contribution in [1.82, 2.24) is 14.8 Å². The maximum absolute atomic E-state index is 13.3. The molecule has 0 saturated carbocycles. The van der Waals surface area contributed by atoms with E-state index >= 15 is 0 Å². The highest BCUT2D eigenvalue weighted by atomic mass is 16.5. The molecule has 7 heteroatoms. The second-order valence-electron chi connectivity index (χ2n) is 8.99. The van der Waals surface area contributed by atoms with E-state index in [4.69, 9.17) is 4.74 Å². The van der Waals surface area contributed by atoms with Gasteiger partial charge in [0.15, 0.2) is 0 Å². The number of methoxy groups -OCH3 is 1. The van der Waals surface area contributed by atoms with Gasteiger partial charge in [-0.1, -0.05) is 12.1 Å². The fourth-order valence-electron chi connectivity index (χ4n) is 4.77. The average Bonchev–Trinajstić information content (AvgIpc) is 3.10. The number of aromatic nitrogens is 1. The lowest BCUT2D eigenvalue weighted by atomic mass is 9.95. The van der Waals surface area contributed by atoms with E-state index < -0.39 is 0 Å². The molecular formula is C26H34N4O3. The van der Waals surface area contributed by atoms with Crippen LogP contribution in [0.3, 0.4) is 0 Å². The first-order valence-electron chi connectivity index (χ1n) is 11.9. The van der Waals surface area contributed by atoms with Crippen molar-refractivity contribution in [3.8, 4) is 5.75 Å².